The van der Waals surface area contributed by atoms with E-state index in [2.05, 4.69) is 10.3 Å². The van der Waals surface area contributed by atoms with Gasteiger partial charge in [-0.1, -0.05) is 6.07 Å². The van der Waals surface area contributed by atoms with E-state index in [9.17, 15) is 9.59 Å². The molecule has 0 saturated carbocycles. The van der Waals surface area contributed by atoms with E-state index >= 15 is 0 Å². The molecule has 0 radical (unpaired) electrons. The fourth-order valence-corrected chi connectivity index (χ4v) is 3.70. The minimum Gasteiger partial charge on any atom is -0.423 e. The molecule has 1 amide bonds. The van der Waals surface area contributed by atoms with E-state index in [1.807, 2.05) is 17.5 Å². The lowest BCUT2D eigenvalue weighted by molar-refractivity contribution is 0.0299. The van der Waals surface area contributed by atoms with E-state index in [4.69, 9.17) is 9.15 Å². The molecule has 1 aliphatic rings. The molecule has 0 bridgehead atoms. The van der Waals surface area contributed by atoms with Gasteiger partial charge in [0.25, 0.3) is 5.91 Å². The highest BCUT2D eigenvalue weighted by molar-refractivity contribution is 7.09. The number of benzene rings is 1. The number of ether oxygens (including phenoxy) is 1. The molecule has 1 N–H and O–H groups in total. The molecule has 0 atom stereocenters. The number of hydrogen-bond donors (Lipinski definition) is 1. The Labute approximate surface area is 159 Å². The first-order valence-electron chi connectivity index (χ1n) is 8.74. The first-order valence-corrected chi connectivity index (χ1v) is 9.62. The Morgan fingerprint density at radius 2 is 2.04 bits per heavy atom. The summed E-state index contributed by atoms with van der Waals surface area (Å²) in [6.07, 6.45) is 0. The summed E-state index contributed by atoms with van der Waals surface area (Å²) in [7, 11) is 0. The van der Waals surface area contributed by atoms with Crippen molar-refractivity contribution >= 4 is 28.2 Å². The van der Waals surface area contributed by atoms with Gasteiger partial charge in [-0.3, -0.25) is 4.79 Å². The minimum absolute atomic E-state index is 0.0307. The maximum atomic E-state index is 12.4. The lowest BCUT2D eigenvalue weighted by Gasteiger charge is -2.25. The third-order valence-electron chi connectivity index (χ3n) is 4.36. The lowest BCUT2D eigenvalue weighted by Crippen LogP contribution is -2.40. The smallest absolute Gasteiger partial charge is 0.336 e. The third-order valence-corrected chi connectivity index (χ3v) is 5.21. The zero-order valence-corrected chi connectivity index (χ0v) is 15.5. The molecule has 0 unspecified atom stereocenters. The van der Waals surface area contributed by atoms with Crippen molar-refractivity contribution in [2.24, 2.45) is 0 Å². The maximum absolute atomic E-state index is 12.4. The average molecular weight is 385 g/mol. The van der Waals surface area contributed by atoms with Crippen LogP contribution in [0.4, 0.5) is 0 Å². The Morgan fingerprint density at radius 1 is 1.19 bits per heavy atom. The van der Waals surface area contributed by atoms with E-state index in [1.54, 1.807) is 17.0 Å². The molecule has 140 valence electrons. The molecule has 1 fully saturated rings. The van der Waals surface area contributed by atoms with Crippen LogP contribution < -0.4 is 10.9 Å². The van der Waals surface area contributed by atoms with Crippen molar-refractivity contribution in [2.45, 2.75) is 13.1 Å². The van der Waals surface area contributed by atoms with Crippen molar-refractivity contribution in [1.82, 2.24) is 15.2 Å². The van der Waals surface area contributed by atoms with Gasteiger partial charge in [-0.05, 0) is 23.8 Å². The number of nitrogens with zero attached hydrogens (tertiary/aromatic N) is 2. The van der Waals surface area contributed by atoms with Gasteiger partial charge in [0.05, 0.1) is 13.2 Å². The highest BCUT2D eigenvalue weighted by Gasteiger charge is 2.20. The van der Waals surface area contributed by atoms with Crippen LogP contribution in [0.2, 0.25) is 0 Å². The molecular weight excluding hydrogens is 366 g/mol. The quantitative estimate of drug-likeness (QED) is 0.677. The number of thiazole rings is 1. The van der Waals surface area contributed by atoms with Gasteiger partial charge in [-0.2, -0.15) is 0 Å². The highest BCUT2D eigenvalue weighted by Crippen LogP contribution is 2.15. The average Bonchev–Trinajstić information content (AvgIpc) is 3.17. The van der Waals surface area contributed by atoms with Gasteiger partial charge in [0.15, 0.2) is 0 Å². The number of rotatable bonds is 5. The van der Waals surface area contributed by atoms with E-state index in [0.717, 1.165) is 16.0 Å². The van der Waals surface area contributed by atoms with Gasteiger partial charge >= 0.3 is 5.63 Å². The van der Waals surface area contributed by atoms with Gasteiger partial charge in [0.1, 0.15) is 16.3 Å². The van der Waals surface area contributed by atoms with Crippen molar-refractivity contribution in [3.63, 3.8) is 0 Å². The minimum atomic E-state index is -0.348. The number of hydrogen-bond acceptors (Lipinski definition) is 7. The molecule has 3 aromatic rings. The first kappa shape index (κ1) is 17.8. The molecule has 8 heteroatoms. The zero-order valence-electron chi connectivity index (χ0n) is 14.6. The molecule has 4 rings (SSSR count). The maximum Gasteiger partial charge on any atom is 0.336 e. The predicted octanol–water partition coefficient (Wildman–Crippen LogP) is 2.01. The topological polar surface area (TPSA) is 84.7 Å². The number of carbonyl (C=O) groups excluding carboxylic acids is 1. The standard InChI is InChI=1S/C19H19N3O4S/c23-18-4-2-14-9-13(1-3-16(14)26-18)10-20-11-17-21-15(12-27-17)19(24)22-5-7-25-8-6-22/h1-4,9,12,20H,5-8,10-11H2. The van der Waals surface area contributed by atoms with E-state index in [-0.39, 0.29) is 11.5 Å². The van der Waals surface area contributed by atoms with Crippen molar-refractivity contribution < 1.29 is 13.9 Å². The summed E-state index contributed by atoms with van der Waals surface area (Å²) in [6, 6.07) is 8.89. The summed E-state index contributed by atoms with van der Waals surface area (Å²) in [6.45, 7) is 3.64. The van der Waals surface area contributed by atoms with Crippen molar-refractivity contribution in [3.05, 3.63) is 62.4 Å². The fourth-order valence-electron chi connectivity index (χ4n) is 2.96. The molecule has 3 heterocycles. The number of fused-ring (bicyclic) bond motifs is 1. The zero-order chi connectivity index (χ0) is 18.6. The SMILES string of the molecule is O=C(c1csc(CNCc2ccc3oc(=O)ccc3c2)n1)N1CCOCC1. The van der Waals surface area contributed by atoms with Crippen LogP contribution in [0.5, 0.6) is 0 Å². The van der Waals surface area contributed by atoms with E-state index < -0.39 is 0 Å². The van der Waals surface area contributed by atoms with Crippen LogP contribution in [0.1, 0.15) is 21.1 Å². The summed E-state index contributed by atoms with van der Waals surface area (Å²) < 4.78 is 10.4. The van der Waals surface area contributed by atoms with Crippen molar-refractivity contribution in [1.29, 1.82) is 0 Å². The Kier molecular flexibility index (Phi) is 5.28. The second kappa shape index (κ2) is 7.99. The third kappa shape index (κ3) is 4.24. The van der Waals surface area contributed by atoms with Gasteiger partial charge in [0.2, 0.25) is 0 Å². The van der Waals surface area contributed by atoms with Gasteiger partial charge in [-0.15, -0.1) is 11.3 Å². The Hall–Kier alpha value is -2.55. The van der Waals surface area contributed by atoms with Crippen LogP contribution in [-0.4, -0.2) is 42.1 Å². The predicted molar refractivity (Wildman–Crippen MR) is 102 cm³/mol. The highest BCUT2D eigenvalue weighted by atomic mass is 32.1. The number of aromatic nitrogens is 1. The second-order valence-corrected chi connectivity index (χ2v) is 7.20. The van der Waals surface area contributed by atoms with Gasteiger partial charge < -0.3 is 19.4 Å². The first-order chi connectivity index (χ1) is 13.2. The number of amides is 1. The molecule has 2 aromatic heterocycles. The number of nitrogens with one attached hydrogen (secondary N) is 1. The molecule has 0 aliphatic carbocycles. The van der Waals surface area contributed by atoms with E-state index in [1.165, 1.54) is 17.4 Å². The summed E-state index contributed by atoms with van der Waals surface area (Å²) in [4.78, 5) is 29.9. The Morgan fingerprint density at radius 3 is 2.89 bits per heavy atom. The van der Waals surface area contributed by atoms with Crippen LogP contribution in [0, 0.1) is 0 Å². The second-order valence-electron chi connectivity index (χ2n) is 6.26. The molecular formula is C19H19N3O4S. The summed E-state index contributed by atoms with van der Waals surface area (Å²) in [5.74, 6) is -0.0307. The van der Waals surface area contributed by atoms with Crippen LogP contribution in [0.3, 0.4) is 0 Å². The lowest BCUT2D eigenvalue weighted by atomic mass is 10.1. The Balaban J connectivity index is 1.34. The normalized spacial score (nSPS) is 14.6. The number of morpholine rings is 1. The van der Waals surface area contributed by atoms with Crippen LogP contribution in [-0.2, 0) is 17.8 Å². The molecule has 7 nitrogen and oxygen atoms in total. The summed E-state index contributed by atoms with van der Waals surface area (Å²) in [5.41, 5.74) is 1.81. The molecule has 1 aromatic carbocycles. The largest absolute Gasteiger partial charge is 0.423 e. The number of carbonyl (C=O) groups is 1. The van der Waals surface area contributed by atoms with Gasteiger partial charge in [-0.25, -0.2) is 9.78 Å². The molecule has 1 aliphatic heterocycles. The van der Waals surface area contributed by atoms with Crippen LogP contribution in [0.25, 0.3) is 11.0 Å². The van der Waals surface area contributed by atoms with E-state index in [0.29, 0.717) is 50.7 Å². The van der Waals surface area contributed by atoms with Crippen molar-refractivity contribution in [3.8, 4) is 0 Å². The fraction of sp³-hybridized carbons (Fsp3) is 0.316. The van der Waals surface area contributed by atoms with Crippen LogP contribution in [0.15, 0.2) is 44.9 Å². The van der Waals surface area contributed by atoms with Crippen LogP contribution >= 0.6 is 11.3 Å². The monoisotopic (exact) mass is 385 g/mol. The summed E-state index contributed by atoms with van der Waals surface area (Å²) >= 11 is 1.48. The van der Waals surface area contributed by atoms with Gasteiger partial charge in [0, 0.05) is 43.0 Å². The summed E-state index contributed by atoms with van der Waals surface area (Å²) in [5, 5.41) is 6.91. The van der Waals surface area contributed by atoms with Crippen molar-refractivity contribution in [2.75, 3.05) is 26.3 Å². The molecule has 27 heavy (non-hydrogen) atoms. The molecule has 1 saturated heterocycles. The Bertz CT molecular complexity index is 1010. The molecule has 0 spiro atoms.